The molecule has 1 heteroatoms. The molecule has 0 aliphatic heterocycles. The summed E-state index contributed by atoms with van der Waals surface area (Å²) in [5.41, 5.74) is 24.1. The summed E-state index contributed by atoms with van der Waals surface area (Å²) in [7, 11) is 0. The summed E-state index contributed by atoms with van der Waals surface area (Å²) in [6.45, 7) is 4.73. The summed E-state index contributed by atoms with van der Waals surface area (Å²) in [6, 6.07) is 79.7. The molecule has 3 atom stereocenters. The van der Waals surface area contributed by atoms with Gasteiger partial charge in [0.1, 0.15) is 0 Å². The first-order chi connectivity index (χ1) is 32.0. The van der Waals surface area contributed by atoms with E-state index in [1.165, 1.54) is 94.7 Å². The van der Waals surface area contributed by atoms with Crippen molar-refractivity contribution in [1.82, 2.24) is 0 Å². The SMILES string of the molecule is CC1(C)c2ccccc2-c2c(N(c3ccc(-c4ccccc4)cc3)c3ccc(-c4cccc5c4-c4ccccc4C54c5ccccc5-c5ccccc5C5C=CC=CC54)cc3)cccc21. The van der Waals surface area contributed by atoms with E-state index in [1.54, 1.807) is 0 Å². The summed E-state index contributed by atoms with van der Waals surface area (Å²) >= 11 is 0. The van der Waals surface area contributed by atoms with Crippen LogP contribution >= 0.6 is 0 Å². The highest BCUT2D eigenvalue weighted by atomic mass is 15.1. The molecule has 1 spiro atoms. The highest BCUT2D eigenvalue weighted by Gasteiger charge is 2.54. The van der Waals surface area contributed by atoms with Crippen molar-refractivity contribution in [1.29, 1.82) is 0 Å². The molecule has 9 aromatic carbocycles. The van der Waals surface area contributed by atoms with Crippen molar-refractivity contribution in [3.05, 3.63) is 270 Å². The third kappa shape index (κ3) is 5.39. The van der Waals surface area contributed by atoms with Crippen LogP contribution in [-0.2, 0) is 10.8 Å². The molecule has 0 amide bonds. The quantitative estimate of drug-likeness (QED) is 0.167. The van der Waals surface area contributed by atoms with Gasteiger partial charge < -0.3 is 4.90 Å². The monoisotopic (exact) mass is 829 g/mol. The van der Waals surface area contributed by atoms with Crippen LogP contribution in [0, 0.1) is 5.92 Å². The van der Waals surface area contributed by atoms with Crippen LogP contribution in [0.3, 0.4) is 0 Å². The molecule has 0 heterocycles. The number of fused-ring (bicyclic) bond motifs is 15. The number of nitrogens with zero attached hydrogens (tertiary/aromatic N) is 1. The van der Waals surface area contributed by atoms with Gasteiger partial charge in [-0.05, 0) is 114 Å². The lowest BCUT2D eigenvalue weighted by Gasteiger charge is -2.42. The van der Waals surface area contributed by atoms with E-state index in [-0.39, 0.29) is 17.3 Å². The van der Waals surface area contributed by atoms with Crippen LogP contribution in [0.2, 0.25) is 0 Å². The predicted octanol–water partition coefficient (Wildman–Crippen LogP) is 16.6. The lowest BCUT2D eigenvalue weighted by Crippen LogP contribution is -2.38. The second-order valence-corrected chi connectivity index (χ2v) is 18.7. The summed E-state index contributed by atoms with van der Waals surface area (Å²) < 4.78 is 0. The van der Waals surface area contributed by atoms with Gasteiger partial charge in [0.2, 0.25) is 0 Å². The van der Waals surface area contributed by atoms with Crippen LogP contribution in [0.1, 0.15) is 53.1 Å². The second-order valence-electron chi connectivity index (χ2n) is 18.7. The number of hydrogen-bond acceptors (Lipinski definition) is 1. The van der Waals surface area contributed by atoms with Crippen molar-refractivity contribution < 1.29 is 0 Å². The van der Waals surface area contributed by atoms with Crippen molar-refractivity contribution >= 4 is 17.1 Å². The van der Waals surface area contributed by atoms with Crippen LogP contribution in [-0.4, -0.2) is 0 Å². The van der Waals surface area contributed by atoms with Crippen LogP contribution in [0.15, 0.2) is 237 Å². The van der Waals surface area contributed by atoms with E-state index < -0.39 is 5.41 Å². The summed E-state index contributed by atoms with van der Waals surface area (Å²) in [5, 5.41) is 0. The van der Waals surface area contributed by atoms with Gasteiger partial charge in [0.05, 0.1) is 11.1 Å². The zero-order valence-electron chi connectivity index (χ0n) is 36.6. The first-order valence-corrected chi connectivity index (χ1v) is 23.1. The molecule has 0 aromatic heterocycles. The van der Waals surface area contributed by atoms with Crippen LogP contribution in [0.25, 0.3) is 55.6 Å². The molecule has 0 bridgehead atoms. The Kier molecular flexibility index (Phi) is 8.37. The molecule has 0 fully saturated rings. The van der Waals surface area contributed by atoms with Crippen molar-refractivity contribution in [3.8, 4) is 55.6 Å². The Morgan fingerprint density at radius 2 is 0.862 bits per heavy atom. The first-order valence-electron chi connectivity index (χ1n) is 23.1. The molecular formula is C64H47N. The smallest absolute Gasteiger partial charge is 0.0543 e. The van der Waals surface area contributed by atoms with Crippen molar-refractivity contribution in [3.63, 3.8) is 0 Å². The number of benzene rings is 9. The molecule has 0 saturated heterocycles. The fourth-order valence-electron chi connectivity index (χ4n) is 12.4. The van der Waals surface area contributed by atoms with Gasteiger partial charge in [0, 0.05) is 34.2 Å². The Bertz CT molecular complexity index is 3400. The Hall–Kier alpha value is -7.74. The van der Waals surface area contributed by atoms with Crippen molar-refractivity contribution in [2.24, 2.45) is 5.92 Å². The molecule has 0 radical (unpaired) electrons. The van der Waals surface area contributed by atoms with Gasteiger partial charge in [-0.2, -0.15) is 0 Å². The standard InChI is InChI=1S/C64H47N/c1-63(2)54-27-12-10-24-52(54)62-58(63)31-17-33-60(62)65(45-38-34-43(35-39-45)42-18-4-3-5-19-42)46-40-36-44(37-41-46)47-26-16-32-59-61(47)53-25-11-15-30-57(53)64(59)55-28-13-8-22-50(55)48-20-6-7-21-49(48)51-23-9-14-29-56(51)64/h3-41,50,55H,1-2H3. The minimum Gasteiger partial charge on any atom is -0.310 e. The maximum absolute atomic E-state index is 2.50. The van der Waals surface area contributed by atoms with Gasteiger partial charge in [-0.3, -0.25) is 0 Å². The van der Waals surface area contributed by atoms with Gasteiger partial charge in [-0.1, -0.05) is 220 Å². The van der Waals surface area contributed by atoms with Gasteiger partial charge in [-0.25, -0.2) is 0 Å². The van der Waals surface area contributed by atoms with Gasteiger partial charge in [-0.15, -0.1) is 0 Å². The first kappa shape index (κ1) is 37.8. The topological polar surface area (TPSA) is 3.24 Å². The van der Waals surface area contributed by atoms with E-state index in [0.717, 1.165) is 11.4 Å². The zero-order valence-corrected chi connectivity index (χ0v) is 36.6. The van der Waals surface area contributed by atoms with Crippen LogP contribution < -0.4 is 4.90 Å². The van der Waals surface area contributed by atoms with E-state index in [9.17, 15) is 0 Å². The third-order valence-corrected chi connectivity index (χ3v) is 15.2. The average Bonchev–Trinajstić information content (AvgIpc) is 3.76. The molecule has 0 saturated carbocycles. The summed E-state index contributed by atoms with van der Waals surface area (Å²) in [5.74, 6) is 0.400. The number of anilines is 3. The van der Waals surface area contributed by atoms with Gasteiger partial charge in [0.15, 0.2) is 0 Å². The third-order valence-electron chi connectivity index (χ3n) is 15.2. The Balaban J connectivity index is 0.991. The summed E-state index contributed by atoms with van der Waals surface area (Å²) in [4.78, 5) is 2.47. The molecule has 308 valence electrons. The molecule has 3 unspecified atom stereocenters. The molecule has 1 nitrogen and oxygen atoms in total. The van der Waals surface area contributed by atoms with Crippen LogP contribution in [0.4, 0.5) is 17.1 Å². The Labute approximate surface area is 382 Å². The second kappa shape index (κ2) is 14.4. The van der Waals surface area contributed by atoms with E-state index >= 15 is 0 Å². The molecule has 65 heavy (non-hydrogen) atoms. The predicted molar refractivity (Wildman–Crippen MR) is 271 cm³/mol. The molecular weight excluding hydrogens is 783 g/mol. The van der Waals surface area contributed by atoms with Crippen molar-refractivity contribution in [2.75, 3.05) is 4.90 Å². The lowest BCUT2D eigenvalue weighted by atomic mass is 9.59. The van der Waals surface area contributed by atoms with Crippen molar-refractivity contribution in [2.45, 2.75) is 30.6 Å². The minimum atomic E-state index is -0.399. The molecule has 4 aliphatic rings. The van der Waals surface area contributed by atoms with Gasteiger partial charge >= 0.3 is 0 Å². The number of hydrogen-bond donors (Lipinski definition) is 0. The average molecular weight is 830 g/mol. The molecule has 13 rings (SSSR count). The van der Waals surface area contributed by atoms with E-state index in [0.29, 0.717) is 0 Å². The minimum absolute atomic E-state index is 0.111. The largest absolute Gasteiger partial charge is 0.310 e. The maximum Gasteiger partial charge on any atom is 0.0543 e. The number of rotatable bonds is 5. The summed E-state index contributed by atoms with van der Waals surface area (Å²) in [6.07, 6.45) is 9.48. The maximum atomic E-state index is 2.50. The highest BCUT2D eigenvalue weighted by molar-refractivity contribution is 5.98. The fourth-order valence-corrected chi connectivity index (χ4v) is 12.4. The number of allylic oxidation sites excluding steroid dienone is 4. The Morgan fingerprint density at radius 1 is 0.354 bits per heavy atom. The van der Waals surface area contributed by atoms with E-state index in [1.807, 2.05) is 0 Å². The molecule has 0 N–H and O–H groups in total. The molecule has 9 aromatic rings. The normalized spacial score (nSPS) is 18.7. The lowest BCUT2D eigenvalue weighted by molar-refractivity contribution is 0.422. The Morgan fingerprint density at radius 3 is 1.60 bits per heavy atom. The zero-order chi connectivity index (χ0) is 43.3. The van der Waals surface area contributed by atoms with Crippen LogP contribution in [0.5, 0.6) is 0 Å². The fraction of sp³-hybridized carbons (Fsp3) is 0.0938. The highest BCUT2D eigenvalue weighted by Crippen LogP contribution is 2.65. The van der Waals surface area contributed by atoms with E-state index in [4.69, 9.17) is 0 Å². The molecule has 4 aliphatic carbocycles. The van der Waals surface area contributed by atoms with Gasteiger partial charge in [0.25, 0.3) is 0 Å². The van der Waals surface area contributed by atoms with E-state index in [2.05, 4.69) is 255 Å².